The smallest absolute Gasteiger partial charge is 0.220 e. The number of oxazole rings is 1. The summed E-state index contributed by atoms with van der Waals surface area (Å²) in [5.41, 5.74) is 7.49. The van der Waals surface area contributed by atoms with Gasteiger partial charge in [-0.25, -0.2) is 4.98 Å². The van der Waals surface area contributed by atoms with E-state index in [2.05, 4.69) is 10.3 Å². The fraction of sp³-hybridized carbons (Fsp3) is 0.412. The van der Waals surface area contributed by atoms with Crippen molar-refractivity contribution < 1.29 is 9.21 Å². The van der Waals surface area contributed by atoms with Crippen molar-refractivity contribution in [3.05, 3.63) is 41.9 Å². The molecule has 1 atom stereocenters. The minimum absolute atomic E-state index is 0.00207. The Labute approximate surface area is 130 Å². The van der Waals surface area contributed by atoms with Crippen LogP contribution in [0, 0.1) is 6.92 Å². The standard InChI is InChI=1S/C17H23N3O2/c1-12(18)10-11-19-15(21)8-9-16-20-13(2)17(22-16)14-6-4-3-5-7-14/h3-7,12H,8-11,18H2,1-2H3,(H,19,21). The van der Waals surface area contributed by atoms with E-state index >= 15 is 0 Å². The Balaban J connectivity index is 1.88. The first-order valence-corrected chi connectivity index (χ1v) is 7.60. The second-order valence-corrected chi connectivity index (χ2v) is 5.50. The van der Waals surface area contributed by atoms with E-state index in [0.29, 0.717) is 25.3 Å². The number of hydrogen-bond donors (Lipinski definition) is 2. The number of carbonyl (C=O) groups is 1. The van der Waals surface area contributed by atoms with Crippen molar-refractivity contribution in [3.8, 4) is 11.3 Å². The van der Waals surface area contributed by atoms with Gasteiger partial charge in [0.1, 0.15) is 0 Å². The molecular weight excluding hydrogens is 278 g/mol. The van der Waals surface area contributed by atoms with Gasteiger partial charge in [0.05, 0.1) is 5.69 Å². The van der Waals surface area contributed by atoms with Gasteiger partial charge in [0.15, 0.2) is 11.7 Å². The SMILES string of the molecule is Cc1nc(CCC(=O)NCCC(C)N)oc1-c1ccccc1. The molecule has 0 fully saturated rings. The number of aryl methyl sites for hydroxylation is 2. The molecule has 1 aromatic heterocycles. The highest BCUT2D eigenvalue weighted by molar-refractivity contribution is 5.76. The first-order chi connectivity index (χ1) is 10.6. The normalized spacial score (nSPS) is 12.1. The van der Waals surface area contributed by atoms with E-state index in [-0.39, 0.29) is 11.9 Å². The number of rotatable bonds is 7. The number of hydrogen-bond acceptors (Lipinski definition) is 4. The molecule has 118 valence electrons. The van der Waals surface area contributed by atoms with Crippen LogP contribution in [0.3, 0.4) is 0 Å². The highest BCUT2D eigenvalue weighted by Crippen LogP contribution is 2.24. The summed E-state index contributed by atoms with van der Waals surface area (Å²) in [4.78, 5) is 16.1. The van der Waals surface area contributed by atoms with Crippen LogP contribution in [0.5, 0.6) is 0 Å². The van der Waals surface area contributed by atoms with E-state index in [0.717, 1.165) is 23.4 Å². The highest BCUT2D eigenvalue weighted by Gasteiger charge is 2.12. The van der Waals surface area contributed by atoms with Crippen LogP contribution in [-0.2, 0) is 11.2 Å². The Bertz CT molecular complexity index is 606. The summed E-state index contributed by atoms with van der Waals surface area (Å²) in [6.45, 7) is 4.45. The van der Waals surface area contributed by atoms with Gasteiger partial charge in [-0.3, -0.25) is 4.79 Å². The van der Waals surface area contributed by atoms with Gasteiger partial charge in [0, 0.05) is 31.0 Å². The van der Waals surface area contributed by atoms with E-state index in [4.69, 9.17) is 10.2 Å². The Morgan fingerprint density at radius 1 is 1.36 bits per heavy atom. The second-order valence-electron chi connectivity index (χ2n) is 5.50. The Kier molecular flexibility index (Phi) is 5.72. The molecule has 1 unspecified atom stereocenters. The topological polar surface area (TPSA) is 81.2 Å². The van der Waals surface area contributed by atoms with Crippen molar-refractivity contribution >= 4 is 5.91 Å². The third kappa shape index (κ3) is 4.70. The summed E-state index contributed by atoms with van der Waals surface area (Å²) in [5, 5.41) is 2.85. The van der Waals surface area contributed by atoms with E-state index < -0.39 is 0 Å². The van der Waals surface area contributed by atoms with Gasteiger partial charge < -0.3 is 15.5 Å². The van der Waals surface area contributed by atoms with Crippen LogP contribution >= 0.6 is 0 Å². The third-order valence-electron chi connectivity index (χ3n) is 3.36. The first-order valence-electron chi connectivity index (χ1n) is 7.60. The zero-order valence-corrected chi connectivity index (χ0v) is 13.1. The number of nitrogens with one attached hydrogen (secondary N) is 1. The lowest BCUT2D eigenvalue weighted by Crippen LogP contribution is -2.29. The lowest BCUT2D eigenvalue weighted by Gasteiger charge is -2.06. The van der Waals surface area contributed by atoms with Gasteiger partial charge in [0.2, 0.25) is 5.91 Å². The Morgan fingerprint density at radius 3 is 2.77 bits per heavy atom. The summed E-state index contributed by atoms with van der Waals surface area (Å²) < 4.78 is 5.78. The summed E-state index contributed by atoms with van der Waals surface area (Å²) >= 11 is 0. The van der Waals surface area contributed by atoms with Crippen LogP contribution in [-0.4, -0.2) is 23.5 Å². The minimum Gasteiger partial charge on any atom is -0.440 e. The van der Waals surface area contributed by atoms with Gasteiger partial charge in [-0.05, 0) is 20.3 Å². The second kappa shape index (κ2) is 7.75. The Morgan fingerprint density at radius 2 is 2.09 bits per heavy atom. The molecule has 1 aromatic carbocycles. The molecule has 22 heavy (non-hydrogen) atoms. The van der Waals surface area contributed by atoms with Gasteiger partial charge in [-0.1, -0.05) is 30.3 Å². The largest absolute Gasteiger partial charge is 0.440 e. The predicted octanol–water partition coefficient (Wildman–Crippen LogP) is 2.44. The van der Waals surface area contributed by atoms with Gasteiger partial charge in [-0.15, -0.1) is 0 Å². The van der Waals surface area contributed by atoms with E-state index in [9.17, 15) is 4.79 Å². The van der Waals surface area contributed by atoms with Crippen molar-refractivity contribution in [3.63, 3.8) is 0 Å². The molecule has 2 rings (SSSR count). The zero-order valence-electron chi connectivity index (χ0n) is 13.1. The fourth-order valence-electron chi connectivity index (χ4n) is 2.16. The van der Waals surface area contributed by atoms with Crippen LogP contribution in [0.4, 0.5) is 0 Å². The molecule has 3 N–H and O–H groups in total. The average molecular weight is 301 g/mol. The predicted molar refractivity (Wildman–Crippen MR) is 86.3 cm³/mol. The molecule has 1 heterocycles. The van der Waals surface area contributed by atoms with E-state index in [1.807, 2.05) is 44.2 Å². The molecule has 5 heteroatoms. The van der Waals surface area contributed by atoms with Crippen LogP contribution in [0.2, 0.25) is 0 Å². The summed E-state index contributed by atoms with van der Waals surface area (Å²) in [6, 6.07) is 9.95. The number of nitrogens with two attached hydrogens (primary N) is 1. The number of nitrogens with zero attached hydrogens (tertiary/aromatic N) is 1. The van der Waals surface area contributed by atoms with E-state index in [1.54, 1.807) is 0 Å². The monoisotopic (exact) mass is 301 g/mol. The molecule has 0 saturated heterocycles. The molecule has 0 saturated carbocycles. The fourth-order valence-corrected chi connectivity index (χ4v) is 2.16. The molecule has 1 amide bonds. The zero-order chi connectivity index (χ0) is 15.9. The number of carbonyl (C=O) groups excluding carboxylic acids is 1. The molecular formula is C17H23N3O2. The number of aromatic nitrogens is 1. The molecule has 0 aliphatic heterocycles. The van der Waals surface area contributed by atoms with Crippen LogP contribution in [0.15, 0.2) is 34.7 Å². The molecule has 0 spiro atoms. The molecule has 2 aromatic rings. The van der Waals surface area contributed by atoms with Gasteiger partial charge in [0.25, 0.3) is 0 Å². The maximum absolute atomic E-state index is 11.7. The average Bonchev–Trinajstić information content (AvgIpc) is 2.87. The lowest BCUT2D eigenvalue weighted by molar-refractivity contribution is -0.121. The maximum atomic E-state index is 11.7. The third-order valence-corrected chi connectivity index (χ3v) is 3.36. The van der Waals surface area contributed by atoms with Crippen LogP contribution in [0.25, 0.3) is 11.3 Å². The maximum Gasteiger partial charge on any atom is 0.220 e. The molecule has 0 radical (unpaired) electrons. The molecule has 5 nitrogen and oxygen atoms in total. The lowest BCUT2D eigenvalue weighted by atomic mass is 10.1. The van der Waals surface area contributed by atoms with Crippen molar-refractivity contribution in [1.29, 1.82) is 0 Å². The van der Waals surface area contributed by atoms with Crippen molar-refractivity contribution in [2.75, 3.05) is 6.54 Å². The Hall–Kier alpha value is -2.14. The summed E-state index contributed by atoms with van der Waals surface area (Å²) in [7, 11) is 0. The highest BCUT2D eigenvalue weighted by atomic mass is 16.4. The van der Waals surface area contributed by atoms with Crippen molar-refractivity contribution in [2.24, 2.45) is 5.73 Å². The quantitative estimate of drug-likeness (QED) is 0.823. The van der Waals surface area contributed by atoms with Crippen LogP contribution < -0.4 is 11.1 Å². The van der Waals surface area contributed by atoms with Gasteiger partial charge in [-0.2, -0.15) is 0 Å². The summed E-state index contributed by atoms with van der Waals surface area (Å²) in [6.07, 6.45) is 1.65. The molecule has 0 aliphatic rings. The number of amides is 1. The molecule has 0 bridgehead atoms. The first kappa shape index (κ1) is 16.2. The minimum atomic E-state index is -0.00207. The van der Waals surface area contributed by atoms with Gasteiger partial charge >= 0.3 is 0 Å². The van der Waals surface area contributed by atoms with Crippen molar-refractivity contribution in [2.45, 2.75) is 39.2 Å². The molecule has 0 aliphatic carbocycles. The summed E-state index contributed by atoms with van der Waals surface area (Å²) in [5.74, 6) is 1.37. The number of benzene rings is 1. The van der Waals surface area contributed by atoms with E-state index in [1.165, 1.54) is 0 Å². The van der Waals surface area contributed by atoms with Crippen LogP contribution in [0.1, 0.15) is 31.4 Å². The van der Waals surface area contributed by atoms with Crippen molar-refractivity contribution in [1.82, 2.24) is 10.3 Å².